The van der Waals surface area contributed by atoms with Crippen LogP contribution in [-0.2, 0) is 11.2 Å². The van der Waals surface area contributed by atoms with E-state index in [2.05, 4.69) is 25.5 Å². The molecule has 3 aromatic heterocycles. The van der Waals surface area contributed by atoms with E-state index in [-0.39, 0.29) is 11.9 Å². The number of aromatic nitrogens is 5. The SMILES string of the molecule is Cc1cc(C)n(C(C)CNC(=O)CCc2nc(-c3ccncc3)no2)n1. The first-order chi connectivity index (χ1) is 12.5. The summed E-state index contributed by atoms with van der Waals surface area (Å²) in [6, 6.07) is 5.73. The molecule has 0 spiro atoms. The fourth-order valence-corrected chi connectivity index (χ4v) is 2.72. The molecule has 0 bridgehead atoms. The van der Waals surface area contributed by atoms with Gasteiger partial charge in [-0.3, -0.25) is 14.5 Å². The zero-order valence-electron chi connectivity index (χ0n) is 15.1. The van der Waals surface area contributed by atoms with Crippen LogP contribution in [0.2, 0.25) is 0 Å². The smallest absolute Gasteiger partial charge is 0.227 e. The first kappa shape index (κ1) is 17.8. The number of nitrogens with zero attached hydrogens (tertiary/aromatic N) is 5. The van der Waals surface area contributed by atoms with Crippen LogP contribution in [0.25, 0.3) is 11.4 Å². The molecule has 1 unspecified atom stereocenters. The molecule has 136 valence electrons. The van der Waals surface area contributed by atoms with Gasteiger partial charge >= 0.3 is 0 Å². The van der Waals surface area contributed by atoms with E-state index < -0.39 is 0 Å². The molecular weight excluding hydrogens is 332 g/mol. The zero-order valence-corrected chi connectivity index (χ0v) is 15.1. The fourth-order valence-electron chi connectivity index (χ4n) is 2.72. The van der Waals surface area contributed by atoms with Gasteiger partial charge in [-0.05, 0) is 39.0 Å². The Balaban J connectivity index is 1.47. The molecule has 0 saturated carbocycles. The number of amides is 1. The molecule has 0 aromatic carbocycles. The number of rotatable bonds is 7. The maximum Gasteiger partial charge on any atom is 0.227 e. The summed E-state index contributed by atoms with van der Waals surface area (Å²) in [5, 5.41) is 11.3. The lowest BCUT2D eigenvalue weighted by molar-refractivity contribution is -0.121. The summed E-state index contributed by atoms with van der Waals surface area (Å²) >= 11 is 0. The number of aryl methyl sites for hydroxylation is 3. The molecule has 0 saturated heterocycles. The predicted octanol–water partition coefficient (Wildman–Crippen LogP) is 2.25. The van der Waals surface area contributed by atoms with Crippen molar-refractivity contribution in [3.63, 3.8) is 0 Å². The minimum absolute atomic E-state index is 0.0537. The summed E-state index contributed by atoms with van der Waals surface area (Å²) in [5.41, 5.74) is 2.89. The average Bonchev–Trinajstić information content (AvgIpc) is 3.25. The Bertz CT molecular complexity index is 871. The van der Waals surface area contributed by atoms with Crippen LogP contribution in [0.3, 0.4) is 0 Å². The number of hydrogen-bond acceptors (Lipinski definition) is 6. The zero-order chi connectivity index (χ0) is 18.5. The molecule has 0 aliphatic heterocycles. The summed E-state index contributed by atoms with van der Waals surface area (Å²) in [7, 11) is 0. The lowest BCUT2D eigenvalue weighted by Crippen LogP contribution is -2.30. The van der Waals surface area contributed by atoms with Crippen molar-refractivity contribution in [2.45, 2.75) is 39.7 Å². The van der Waals surface area contributed by atoms with Crippen molar-refractivity contribution in [2.75, 3.05) is 6.54 Å². The maximum atomic E-state index is 12.1. The standard InChI is InChI=1S/C18H22N6O2/c1-12-10-13(2)24(22-12)14(3)11-20-16(25)4-5-17-21-18(23-26-17)15-6-8-19-9-7-15/h6-10,14H,4-5,11H2,1-3H3,(H,20,25). The predicted molar refractivity (Wildman–Crippen MR) is 95.3 cm³/mol. The number of nitrogens with one attached hydrogen (secondary N) is 1. The van der Waals surface area contributed by atoms with Gasteiger partial charge in [-0.15, -0.1) is 0 Å². The monoisotopic (exact) mass is 354 g/mol. The third-order valence-corrected chi connectivity index (χ3v) is 4.03. The summed E-state index contributed by atoms with van der Waals surface area (Å²) in [6.07, 6.45) is 4.03. The van der Waals surface area contributed by atoms with E-state index in [0.717, 1.165) is 17.0 Å². The minimum atomic E-state index is -0.0537. The van der Waals surface area contributed by atoms with Crippen molar-refractivity contribution in [1.29, 1.82) is 0 Å². The minimum Gasteiger partial charge on any atom is -0.354 e. The molecule has 1 atom stereocenters. The maximum absolute atomic E-state index is 12.1. The topological polar surface area (TPSA) is 98.7 Å². The van der Waals surface area contributed by atoms with Gasteiger partial charge in [0.1, 0.15) is 0 Å². The molecule has 26 heavy (non-hydrogen) atoms. The van der Waals surface area contributed by atoms with Crippen LogP contribution < -0.4 is 5.32 Å². The number of carbonyl (C=O) groups excluding carboxylic acids is 1. The first-order valence-corrected chi connectivity index (χ1v) is 8.55. The highest BCUT2D eigenvalue weighted by atomic mass is 16.5. The van der Waals surface area contributed by atoms with Gasteiger partial charge in [0.25, 0.3) is 0 Å². The van der Waals surface area contributed by atoms with E-state index in [1.54, 1.807) is 12.4 Å². The van der Waals surface area contributed by atoms with Crippen LogP contribution in [0.15, 0.2) is 35.1 Å². The summed E-state index contributed by atoms with van der Waals surface area (Å²) in [4.78, 5) is 20.3. The van der Waals surface area contributed by atoms with E-state index >= 15 is 0 Å². The second kappa shape index (κ2) is 7.90. The average molecular weight is 354 g/mol. The van der Waals surface area contributed by atoms with Gasteiger partial charge in [-0.25, -0.2) is 0 Å². The molecular formula is C18H22N6O2. The van der Waals surface area contributed by atoms with E-state index in [9.17, 15) is 4.79 Å². The van der Waals surface area contributed by atoms with Crippen molar-refractivity contribution < 1.29 is 9.32 Å². The van der Waals surface area contributed by atoms with Crippen LogP contribution in [0.4, 0.5) is 0 Å². The van der Waals surface area contributed by atoms with E-state index in [4.69, 9.17) is 4.52 Å². The highest BCUT2D eigenvalue weighted by molar-refractivity contribution is 5.76. The largest absolute Gasteiger partial charge is 0.354 e. The van der Waals surface area contributed by atoms with Crippen LogP contribution in [0, 0.1) is 13.8 Å². The van der Waals surface area contributed by atoms with Crippen LogP contribution in [-0.4, -0.2) is 37.4 Å². The van der Waals surface area contributed by atoms with Gasteiger partial charge in [-0.2, -0.15) is 10.1 Å². The molecule has 0 radical (unpaired) electrons. The van der Waals surface area contributed by atoms with Crippen molar-refractivity contribution in [2.24, 2.45) is 0 Å². The number of carbonyl (C=O) groups is 1. The van der Waals surface area contributed by atoms with Crippen LogP contribution in [0.5, 0.6) is 0 Å². The number of pyridine rings is 1. The molecule has 3 heterocycles. The molecule has 3 rings (SSSR count). The second-order valence-corrected chi connectivity index (χ2v) is 6.27. The van der Waals surface area contributed by atoms with Gasteiger partial charge in [0.05, 0.1) is 11.7 Å². The summed E-state index contributed by atoms with van der Waals surface area (Å²) in [5.74, 6) is 0.890. The number of hydrogen-bond donors (Lipinski definition) is 1. The van der Waals surface area contributed by atoms with Crippen LogP contribution in [0.1, 0.15) is 36.7 Å². The van der Waals surface area contributed by atoms with E-state index in [0.29, 0.717) is 31.1 Å². The molecule has 1 amide bonds. The Hall–Kier alpha value is -3.03. The second-order valence-electron chi connectivity index (χ2n) is 6.27. The Morgan fingerprint density at radius 3 is 2.77 bits per heavy atom. The van der Waals surface area contributed by atoms with E-state index in [1.807, 2.05) is 43.7 Å². The van der Waals surface area contributed by atoms with Crippen molar-refractivity contribution >= 4 is 5.91 Å². The molecule has 1 N–H and O–H groups in total. The Morgan fingerprint density at radius 1 is 1.31 bits per heavy atom. The molecule has 0 fully saturated rings. The first-order valence-electron chi connectivity index (χ1n) is 8.55. The molecule has 0 aliphatic rings. The van der Waals surface area contributed by atoms with Gasteiger partial charge in [0.2, 0.25) is 17.6 Å². The van der Waals surface area contributed by atoms with Gasteiger partial charge in [0, 0.05) is 43.0 Å². The quantitative estimate of drug-likeness (QED) is 0.699. The van der Waals surface area contributed by atoms with E-state index in [1.165, 1.54) is 0 Å². The highest BCUT2D eigenvalue weighted by Crippen LogP contribution is 2.14. The highest BCUT2D eigenvalue weighted by Gasteiger charge is 2.13. The normalized spacial score (nSPS) is 12.1. The third-order valence-electron chi connectivity index (χ3n) is 4.03. The Kier molecular flexibility index (Phi) is 5.40. The molecule has 3 aromatic rings. The molecule has 0 aliphatic carbocycles. The Labute approximate surface area is 151 Å². The third kappa shape index (κ3) is 4.33. The van der Waals surface area contributed by atoms with Gasteiger partial charge in [-0.1, -0.05) is 5.16 Å². The van der Waals surface area contributed by atoms with Gasteiger partial charge in [0.15, 0.2) is 0 Å². The summed E-state index contributed by atoms with van der Waals surface area (Å²) in [6.45, 7) is 6.51. The van der Waals surface area contributed by atoms with Crippen LogP contribution >= 0.6 is 0 Å². The summed E-state index contributed by atoms with van der Waals surface area (Å²) < 4.78 is 7.13. The Morgan fingerprint density at radius 2 is 2.08 bits per heavy atom. The van der Waals surface area contributed by atoms with Crippen molar-refractivity contribution in [3.8, 4) is 11.4 Å². The lowest BCUT2D eigenvalue weighted by Gasteiger charge is -2.15. The lowest BCUT2D eigenvalue weighted by atomic mass is 10.2. The van der Waals surface area contributed by atoms with Crippen molar-refractivity contribution in [1.82, 2.24) is 30.2 Å². The van der Waals surface area contributed by atoms with Gasteiger partial charge < -0.3 is 9.84 Å². The fraction of sp³-hybridized carbons (Fsp3) is 0.389. The van der Waals surface area contributed by atoms with Crippen molar-refractivity contribution in [3.05, 3.63) is 47.9 Å². The molecule has 8 heteroatoms. The molecule has 8 nitrogen and oxygen atoms in total.